The van der Waals surface area contributed by atoms with E-state index in [-0.39, 0.29) is 17.3 Å². The summed E-state index contributed by atoms with van der Waals surface area (Å²) >= 11 is 1.53. The minimum atomic E-state index is -0.609. The van der Waals surface area contributed by atoms with Crippen molar-refractivity contribution in [3.05, 3.63) is 57.0 Å². The van der Waals surface area contributed by atoms with E-state index in [0.29, 0.717) is 17.9 Å². The van der Waals surface area contributed by atoms with Crippen LogP contribution in [0.25, 0.3) is 0 Å². The standard InChI is InChI=1S/C13H14N4O3S/c1-21-11-5-3-8(2-4-9(11)14)20-10-6-7-16-13(15)12(10)17(18)19/h2,4-7H,3,14H2,1H3,(H2,15,16). The maximum absolute atomic E-state index is 11.0. The number of allylic oxidation sites excluding steroid dienone is 3. The molecule has 8 heteroatoms. The summed E-state index contributed by atoms with van der Waals surface area (Å²) in [6, 6.07) is 1.41. The lowest BCUT2D eigenvalue weighted by Crippen LogP contribution is -2.03. The van der Waals surface area contributed by atoms with Crippen LogP contribution in [0, 0.1) is 10.1 Å². The van der Waals surface area contributed by atoms with Crippen LogP contribution in [0.1, 0.15) is 6.42 Å². The van der Waals surface area contributed by atoms with Gasteiger partial charge in [-0.05, 0) is 18.4 Å². The van der Waals surface area contributed by atoms with Crippen LogP contribution in [0.4, 0.5) is 11.5 Å². The topological polar surface area (TPSA) is 117 Å². The first-order chi connectivity index (χ1) is 10.0. The van der Waals surface area contributed by atoms with Gasteiger partial charge in [-0.25, -0.2) is 4.98 Å². The van der Waals surface area contributed by atoms with Crippen LogP contribution in [0.15, 0.2) is 46.9 Å². The fourth-order valence-electron chi connectivity index (χ4n) is 1.78. The Hall–Kier alpha value is -2.48. The molecule has 0 amide bonds. The maximum Gasteiger partial charge on any atom is 0.353 e. The summed E-state index contributed by atoms with van der Waals surface area (Å²) < 4.78 is 5.60. The molecule has 4 N–H and O–H groups in total. The van der Waals surface area contributed by atoms with E-state index in [0.717, 1.165) is 4.91 Å². The molecule has 0 bridgehead atoms. The smallest absolute Gasteiger partial charge is 0.353 e. The zero-order valence-corrected chi connectivity index (χ0v) is 12.1. The first kappa shape index (κ1) is 14.9. The van der Waals surface area contributed by atoms with E-state index in [1.807, 2.05) is 12.3 Å². The Bertz CT molecular complexity index is 667. The predicted molar refractivity (Wildman–Crippen MR) is 82.5 cm³/mol. The molecule has 0 spiro atoms. The summed E-state index contributed by atoms with van der Waals surface area (Å²) in [6.07, 6.45) is 9.07. The Balaban J connectivity index is 2.30. The zero-order chi connectivity index (χ0) is 15.4. The Kier molecular flexibility index (Phi) is 4.49. The fraction of sp³-hybridized carbons (Fsp3) is 0.154. The SMILES string of the molecule is CSC1=CCC(Oc2ccnc(N)c2[N+](=O)[O-])=CC=C1N. The van der Waals surface area contributed by atoms with Gasteiger partial charge in [0.15, 0.2) is 0 Å². The van der Waals surface area contributed by atoms with Gasteiger partial charge in [0.2, 0.25) is 11.6 Å². The average molecular weight is 306 g/mol. The lowest BCUT2D eigenvalue weighted by molar-refractivity contribution is -0.385. The minimum Gasteiger partial charge on any atom is -0.454 e. The summed E-state index contributed by atoms with van der Waals surface area (Å²) in [5, 5.41) is 11.0. The van der Waals surface area contributed by atoms with Crippen molar-refractivity contribution in [2.45, 2.75) is 6.42 Å². The molecule has 0 radical (unpaired) electrons. The number of pyridine rings is 1. The lowest BCUT2D eigenvalue weighted by Gasteiger charge is -2.08. The predicted octanol–water partition coefficient (Wildman–Crippen LogP) is 2.33. The second-order valence-electron chi connectivity index (χ2n) is 4.13. The summed E-state index contributed by atoms with van der Waals surface area (Å²) in [5.74, 6) is 0.421. The zero-order valence-electron chi connectivity index (χ0n) is 11.3. The molecule has 7 nitrogen and oxygen atoms in total. The molecule has 2 rings (SSSR count). The molecule has 1 aliphatic rings. The highest BCUT2D eigenvalue weighted by molar-refractivity contribution is 8.02. The molecule has 1 aromatic rings. The minimum absolute atomic E-state index is 0.0618. The van der Waals surface area contributed by atoms with Gasteiger partial charge in [-0.2, -0.15) is 0 Å². The number of hydrogen-bond donors (Lipinski definition) is 2. The second-order valence-corrected chi connectivity index (χ2v) is 4.98. The molecule has 0 fully saturated rings. The van der Waals surface area contributed by atoms with Crippen LogP contribution < -0.4 is 16.2 Å². The van der Waals surface area contributed by atoms with Gasteiger partial charge in [0, 0.05) is 29.3 Å². The largest absolute Gasteiger partial charge is 0.454 e. The molecule has 1 aromatic heterocycles. The molecule has 1 aliphatic carbocycles. The quantitative estimate of drug-likeness (QED) is 0.647. The summed E-state index contributed by atoms with van der Waals surface area (Å²) in [7, 11) is 0. The van der Waals surface area contributed by atoms with E-state index >= 15 is 0 Å². The normalized spacial score (nSPS) is 14.6. The maximum atomic E-state index is 11.0. The van der Waals surface area contributed by atoms with Gasteiger partial charge in [-0.3, -0.25) is 10.1 Å². The second kappa shape index (κ2) is 6.31. The van der Waals surface area contributed by atoms with Crippen molar-refractivity contribution < 1.29 is 9.66 Å². The molecule has 0 aromatic carbocycles. The van der Waals surface area contributed by atoms with Crippen molar-refractivity contribution in [1.29, 1.82) is 0 Å². The van der Waals surface area contributed by atoms with Crippen LogP contribution in [0.5, 0.6) is 5.75 Å². The van der Waals surface area contributed by atoms with E-state index < -0.39 is 4.92 Å². The van der Waals surface area contributed by atoms with E-state index in [9.17, 15) is 10.1 Å². The van der Waals surface area contributed by atoms with Gasteiger partial charge >= 0.3 is 5.69 Å². The first-order valence-electron chi connectivity index (χ1n) is 6.00. The molecule has 21 heavy (non-hydrogen) atoms. The molecular formula is C13H14N4O3S. The van der Waals surface area contributed by atoms with Gasteiger partial charge in [-0.1, -0.05) is 6.08 Å². The third-order valence-electron chi connectivity index (χ3n) is 2.78. The highest BCUT2D eigenvalue weighted by Crippen LogP contribution is 2.33. The molecule has 0 unspecified atom stereocenters. The van der Waals surface area contributed by atoms with Gasteiger partial charge < -0.3 is 16.2 Å². The van der Waals surface area contributed by atoms with Crippen molar-refractivity contribution in [2.24, 2.45) is 5.73 Å². The van der Waals surface area contributed by atoms with Gasteiger partial charge in [-0.15, -0.1) is 11.8 Å². The summed E-state index contributed by atoms with van der Waals surface area (Å²) in [4.78, 5) is 15.1. The molecule has 0 aliphatic heterocycles. The van der Waals surface area contributed by atoms with Crippen LogP contribution in [-0.4, -0.2) is 16.2 Å². The number of nitrogen functional groups attached to an aromatic ring is 1. The number of nitrogens with zero attached hydrogens (tertiary/aromatic N) is 2. The molecule has 0 atom stereocenters. The van der Waals surface area contributed by atoms with Crippen molar-refractivity contribution in [1.82, 2.24) is 4.98 Å². The lowest BCUT2D eigenvalue weighted by atomic mass is 10.3. The number of ether oxygens (including phenoxy) is 1. The molecule has 0 saturated carbocycles. The third kappa shape index (κ3) is 3.34. The highest BCUT2D eigenvalue weighted by Gasteiger charge is 2.21. The van der Waals surface area contributed by atoms with E-state index in [1.54, 1.807) is 12.2 Å². The number of hydrogen-bond acceptors (Lipinski definition) is 7. The fourth-order valence-corrected chi connectivity index (χ4v) is 2.33. The number of rotatable bonds is 4. The van der Waals surface area contributed by atoms with E-state index in [2.05, 4.69) is 4.98 Å². The van der Waals surface area contributed by atoms with Gasteiger partial charge in [0.25, 0.3) is 0 Å². The Morgan fingerprint density at radius 1 is 1.43 bits per heavy atom. The molecular weight excluding hydrogens is 292 g/mol. The van der Waals surface area contributed by atoms with Gasteiger partial charge in [0.1, 0.15) is 5.76 Å². The van der Waals surface area contributed by atoms with Crippen LogP contribution >= 0.6 is 11.8 Å². The van der Waals surface area contributed by atoms with Crippen LogP contribution in [-0.2, 0) is 0 Å². The van der Waals surface area contributed by atoms with Crippen molar-refractivity contribution in [3.63, 3.8) is 0 Å². The van der Waals surface area contributed by atoms with Crippen LogP contribution in [0.2, 0.25) is 0 Å². The van der Waals surface area contributed by atoms with E-state index in [1.165, 1.54) is 24.0 Å². The highest BCUT2D eigenvalue weighted by atomic mass is 32.2. The number of nitro groups is 1. The van der Waals surface area contributed by atoms with E-state index in [4.69, 9.17) is 16.2 Å². The number of anilines is 1. The number of thioether (sulfide) groups is 1. The third-order valence-corrected chi connectivity index (χ3v) is 3.62. The number of nitrogens with two attached hydrogens (primary N) is 2. The molecule has 0 saturated heterocycles. The van der Waals surface area contributed by atoms with Crippen LogP contribution in [0.3, 0.4) is 0 Å². The summed E-state index contributed by atoms with van der Waals surface area (Å²) in [5.41, 5.74) is 11.7. The van der Waals surface area contributed by atoms with Gasteiger partial charge in [0.05, 0.1) is 4.92 Å². The van der Waals surface area contributed by atoms with Crippen molar-refractivity contribution in [2.75, 3.05) is 12.0 Å². The molecule has 110 valence electrons. The Morgan fingerprint density at radius 2 is 2.19 bits per heavy atom. The number of aromatic nitrogens is 1. The van der Waals surface area contributed by atoms with Crippen molar-refractivity contribution >= 4 is 23.3 Å². The first-order valence-corrected chi connectivity index (χ1v) is 7.23. The molecule has 1 heterocycles. The Labute approximate surface area is 125 Å². The monoisotopic (exact) mass is 306 g/mol. The van der Waals surface area contributed by atoms with Crippen molar-refractivity contribution in [3.8, 4) is 5.75 Å². The Morgan fingerprint density at radius 3 is 2.86 bits per heavy atom. The summed E-state index contributed by atoms with van der Waals surface area (Å²) in [6.45, 7) is 0. The average Bonchev–Trinajstić information content (AvgIpc) is 2.61.